The fraction of sp³-hybridized carbons (Fsp3) is 0.143. The van der Waals surface area contributed by atoms with Crippen molar-refractivity contribution in [1.82, 2.24) is 4.98 Å². The zero-order valence-corrected chi connectivity index (χ0v) is 13.5. The number of ether oxygens (including phenoxy) is 1. The molecule has 0 aliphatic heterocycles. The van der Waals surface area contributed by atoms with Crippen LogP contribution in [0.3, 0.4) is 0 Å². The van der Waals surface area contributed by atoms with Crippen molar-refractivity contribution in [3.05, 3.63) is 47.7 Å². The Bertz CT molecular complexity index is 914. The van der Waals surface area contributed by atoms with Crippen molar-refractivity contribution in [2.45, 2.75) is 11.1 Å². The van der Waals surface area contributed by atoms with Gasteiger partial charge < -0.3 is 10.1 Å². The summed E-state index contributed by atoms with van der Waals surface area (Å²) in [6, 6.07) is 5.00. The van der Waals surface area contributed by atoms with Gasteiger partial charge in [-0.3, -0.25) is 0 Å². The van der Waals surface area contributed by atoms with Crippen molar-refractivity contribution in [3.63, 3.8) is 0 Å². The van der Waals surface area contributed by atoms with Crippen LogP contribution in [0, 0.1) is 0 Å². The van der Waals surface area contributed by atoms with Gasteiger partial charge in [-0.05, 0) is 24.3 Å². The number of carbonyl (C=O) groups excluding carboxylic acids is 1. The predicted molar refractivity (Wildman–Crippen MR) is 81.7 cm³/mol. The Morgan fingerprint density at radius 2 is 1.96 bits per heavy atom. The number of carbonyl (C=O) groups is 1. The smallest absolute Gasteiger partial charge is 0.416 e. The number of methoxy groups -OCH3 is 1. The average Bonchev–Trinajstić information content (AvgIpc) is 2.53. The Balaban J connectivity index is 2.48. The first-order chi connectivity index (χ1) is 11.5. The molecule has 11 heteroatoms. The number of halogens is 3. The van der Waals surface area contributed by atoms with Gasteiger partial charge >= 0.3 is 12.1 Å². The first-order valence-corrected chi connectivity index (χ1v) is 8.12. The van der Waals surface area contributed by atoms with E-state index in [4.69, 9.17) is 5.14 Å². The van der Waals surface area contributed by atoms with Gasteiger partial charge in [0, 0.05) is 11.9 Å². The van der Waals surface area contributed by atoms with Gasteiger partial charge in [-0.1, -0.05) is 6.07 Å². The SMILES string of the molecule is COC(=O)c1cnc(Nc2cccc(C(F)(F)F)c2)c(S(N)(=O)=O)c1. The molecule has 2 aromatic rings. The van der Waals surface area contributed by atoms with Gasteiger partial charge in [-0.25, -0.2) is 23.3 Å². The number of hydrogen-bond donors (Lipinski definition) is 2. The second kappa shape index (κ2) is 6.69. The monoisotopic (exact) mass is 375 g/mol. The fourth-order valence-corrected chi connectivity index (χ4v) is 2.56. The first-order valence-electron chi connectivity index (χ1n) is 6.58. The molecule has 25 heavy (non-hydrogen) atoms. The lowest BCUT2D eigenvalue weighted by atomic mass is 10.2. The second-order valence-electron chi connectivity index (χ2n) is 4.81. The van der Waals surface area contributed by atoms with Gasteiger partial charge in [0.15, 0.2) is 5.82 Å². The van der Waals surface area contributed by atoms with Crippen LogP contribution in [0.25, 0.3) is 0 Å². The highest BCUT2D eigenvalue weighted by Crippen LogP contribution is 2.32. The molecular weight excluding hydrogens is 363 g/mol. The van der Waals surface area contributed by atoms with Crippen LogP contribution in [0.2, 0.25) is 0 Å². The molecule has 0 aliphatic carbocycles. The Labute approximate surface area is 140 Å². The molecule has 0 radical (unpaired) electrons. The standard InChI is InChI=1S/C14H12F3N3O4S/c1-24-13(21)8-5-11(25(18,22)23)12(19-7-8)20-10-4-2-3-9(6-10)14(15,16)17/h2-7H,1H3,(H,19,20)(H2,18,22,23). The number of aromatic nitrogens is 1. The van der Waals surface area contributed by atoms with Gasteiger partial charge in [-0.15, -0.1) is 0 Å². The molecule has 0 unspecified atom stereocenters. The van der Waals surface area contributed by atoms with Gasteiger partial charge in [-0.2, -0.15) is 13.2 Å². The van der Waals surface area contributed by atoms with Gasteiger partial charge in [0.05, 0.1) is 18.2 Å². The molecule has 0 saturated heterocycles. The van der Waals surface area contributed by atoms with E-state index in [0.717, 1.165) is 37.6 Å². The molecular formula is C14H12F3N3O4S. The third-order valence-electron chi connectivity index (χ3n) is 3.03. The number of anilines is 2. The molecule has 3 N–H and O–H groups in total. The third kappa shape index (κ3) is 4.45. The summed E-state index contributed by atoms with van der Waals surface area (Å²) in [5.74, 6) is -1.17. The third-order valence-corrected chi connectivity index (χ3v) is 3.96. The van der Waals surface area contributed by atoms with E-state index in [1.807, 2.05) is 0 Å². The molecule has 0 spiro atoms. The Morgan fingerprint density at radius 1 is 1.28 bits per heavy atom. The minimum Gasteiger partial charge on any atom is -0.465 e. The van der Waals surface area contributed by atoms with Crippen molar-refractivity contribution in [3.8, 4) is 0 Å². The Hall–Kier alpha value is -2.66. The zero-order chi connectivity index (χ0) is 18.8. The van der Waals surface area contributed by atoms with E-state index < -0.39 is 32.6 Å². The number of rotatable bonds is 4. The lowest BCUT2D eigenvalue weighted by Crippen LogP contribution is -2.16. The minimum absolute atomic E-state index is 0.0574. The predicted octanol–water partition coefficient (Wildman–Crippen LogP) is 2.28. The van der Waals surface area contributed by atoms with E-state index in [1.165, 1.54) is 6.07 Å². The number of nitrogens with two attached hydrogens (primary N) is 1. The molecule has 0 atom stereocenters. The summed E-state index contributed by atoms with van der Waals surface area (Å²) in [4.78, 5) is 14.7. The Kier molecular flexibility index (Phi) is 4.99. The molecule has 0 aliphatic rings. The molecule has 134 valence electrons. The van der Waals surface area contributed by atoms with Crippen molar-refractivity contribution in [1.29, 1.82) is 0 Å². The summed E-state index contributed by atoms with van der Waals surface area (Å²) in [5, 5.41) is 7.53. The molecule has 0 bridgehead atoms. The van der Waals surface area contributed by atoms with Crippen LogP contribution >= 0.6 is 0 Å². The number of nitrogens with one attached hydrogen (secondary N) is 1. The van der Waals surface area contributed by atoms with Crippen LogP contribution in [-0.4, -0.2) is 26.5 Å². The van der Waals surface area contributed by atoms with Crippen LogP contribution < -0.4 is 10.5 Å². The molecule has 7 nitrogen and oxygen atoms in total. The largest absolute Gasteiger partial charge is 0.465 e. The van der Waals surface area contributed by atoms with Crippen LogP contribution in [0.4, 0.5) is 24.7 Å². The number of hydrogen-bond acceptors (Lipinski definition) is 6. The van der Waals surface area contributed by atoms with Crippen LogP contribution in [-0.2, 0) is 20.9 Å². The van der Waals surface area contributed by atoms with E-state index >= 15 is 0 Å². The summed E-state index contributed by atoms with van der Waals surface area (Å²) >= 11 is 0. The first kappa shape index (κ1) is 18.7. The van der Waals surface area contributed by atoms with E-state index in [0.29, 0.717) is 0 Å². The van der Waals surface area contributed by atoms with Crippen LogP contribution in [0.1, 0.15) is 15.9 Å². The fourth-order valence-electron chi connectivity index (χ4n) is 1.89. The van der Waals surface area contributed by atoms with Crippen molar-refractivity contribution in [2.75, 3.05) is 12.4 Å². The average molecular weight is 375 g/mol. The maximum Gasteiger partial charge on any atom is 0.416 e. The van der Waals surface area contributed by atoms with Crippen molar-refractivity contribution >= 4 is 27.5 Å². The number of benzene rings is 1. The molecule has 1 heterocycles. The molecule has 1 aromatic carbocycles. The molecule has 0 amide bonds. The summed E-state index contributed by atoms with van der Waals surface area (Å²) in [5.41, 5.74) is -1.17. The number of sulfonamides is 1. The highest BCUT2D eigenvalue weighted by atomic mass is 32.2. The zero-order valence-electron chi connectivity index (χ0n) is 12.7. The van der Waals surface area contributed by atoms with Crippen molar-refractivity contribution < 1.29 is 31.1 Å². The highest BCUT2D eigenvalue weighted by Gasteiger charge is 2.30. The number of alkyl halides is 3. The summed E-state index contributed by atoms with van der Waals surface area (Å²) in [7, 11) is -3.22. The Morgan fingerprint density at radius 3 is 2.52 bits per heavy atom. The number of nitrogens with zero attached hydrogens (tertiary/aromatic N) is 1. The lowest BCUT2D eigenvalue weighted by Gasteiger charge is -2.13. The maximum absolute atomic E-state index is 12.7. The number of esters is 1. The molecule has 2 rings (SSSR count). The van der Waals surface area contributed by atoms with Gasteiger partial charge in [0.25, 0.3) is 0 Å². The summed E-state index contributed by atoms with van der Waals surface area (Å²) in [6.45, 7) is 0. The lowest BCUT2D eigenvalue weighted by molar-refractivity contribution is -0.137. The van der Waals surface area contributed by atoms with E-state index in [-0.39, 0.29) is 17.1 Å². The normalized spacial score (nSPS) is 11.9. The molecule has 0 fully saturated rings. The number of primary sulfonamides is 1. The highest BCUT2D eigenvalue weighted by molar-refractivity contribution is 7.89. The van der Waals surface area contributed by atoms with Gasteiger partial charge in [0.1, 0.15) is 4.90 Å². The van der Waals surface area contributed by atoms with Crippen LogP contribution in [0.5, 0.6) is 0 Å². The number of pyridine rings is 1. The van der Waals surface area contributed by atoms with E-state index in [1.54, 1.807) is 0 Å². The summed E-state index contributed by atoms with van der Waals surface area (Å²) < 4.78 is 66.1. The van der Waals surface area contributed by atoms with E-state index in [2.05, 4.69) is 15.0 Å². The van der Waals surface area contributed by atoms with Crippen molar-refractivity contribution in [2.24, 2.45) is 5.14 Å². The quantitative estimate of drug-likeness (QED) is 0.793. The summed E-state index contributed by atoms with van der Waals surface area (Å²) in [6.07, 6.45) is -3.56. The maximum atomic E-state index is 12.7. The molecule has 1 aromatic heterocycles. The minimum atomic E-state index is -4.57. The van der Waals surface area contributed by atoms with E-state index in [9.17, 15) is 26.4 Å². The second-order valence-corrected chi connectivity index (χ2v) is 6.34. The van der Waals surface area contributed by atoms with Crippen LogP contribution in [0.15, 0.2) is 41.4 Å². The van der Waals surface area contributed by atoms with Gasteiger partial charge in [0.2, 0.25) is 10.0 Å². The molecule has 0 saturated carbocycles. The topological polar surface area (TPSA) is 111 Å².